The van der Waals surface area contributed by atoms with Gasteiger partial charge in [-0.25, -0.2) is 4.98 Å². The maximum Gasteiger partial charge on any atom is 0.224 e. The van der Waals surface area contributed by atoms with Gasteiger partial charge in [-0.3, -0.25) is 0 Å². The van der Waals surface area contributed by atoms with Crippen LogP contribution in [0.3, 0.4) is 0 Å². The zero-order valence-corrected chi connectivity index (χ0v) is 12.1. The molecule has 1 aromatic rings. The molecule has 1 aliphatic carbocycles. The lowest BCUT2D eigenvalue weighted by Gasteiger charge is -2.18. The van der Waals surface area contributed by atoms with Crippen molar-refractivity contribution in [1.29, 1.82) is 0 Å². The molecule has 1 aliphatic rings. The van der Waals surface area contributed by atoms with Crippen molar-refractivity contribution in [1.82, 2.24) is 4.98 Å². The van der Waals surface area contributed by atoms with E-state index in [1.54, 1.807) is 0 Å². The molecule has 0 amide bonds. The third kappa shape index (κ3) is 3.40. The molecule has 0 saturated carbocycles. The zero-order chi connectivity index (χ0) is 14.4. The second kappa shape index (κ2) is 7.12. The Hall–Kier alpha value is -1.78. The number of unbranched alkanes of at least 4 members (excludes halogenated alkanes) is 2. The minimum Gasteiger partial charge on any atom is -0.477 e. The molecule has 1 aromatic heterocycles. The lowest BCUT2D eigenvalue weighted by atomic mass is 9.95. The summed E-state index contributed by atoms with van der Waals surface area (Å²) in [5.41, 5.74) is 8.63. The normalized spacial score (nSPS) is 14.9. The third-order valence-electron chi connectivity index (χ3n) is 3.64. The molecule has 1 heterocycles. The number of nitrogens with two attached hydrogens (primary N) is 1. The lowest BCUT2D eigenvalue weighted by molar-refractivity contribution is 0.291. The van der Waals surface area contributed by atoms with Crippen LogP contribution in [0.4, 0.5) is 0 Å². The van der Waals surface area contributed by atoms with Gasteiger partial charge in [-0.15, -0.1) is 0 Å². The molecule has 0 aromatic carbocycles. The highest BCUT2D eigenvalue weighted by Gasteiger charge is 2.18. The van der Waals surface area contributed by atoms with Gasteiger partial charge in [0.2, 0.25) is 5.88 Å². The minimum atomic E-state index is 0.0661. The van der Waals surface area contributed by atoms with Gasteiger partial charge in [0.15, 0.2) is 5.84 Å². The highest BCUT2D eigenvalue weighted by atomic mass is 16.5. The van der Waals surface area contributed by atoms with E-state index in [1.807, 2.05) is 6.07 Å². The van der Waals surface area contributed by atoms with Crippen LogP contribution in [0.1, 0.15) is 55.8 Å². The van der Waals surface area contributed by atoms with Gasteiger partial charge in [-0.05, 0) is 43.7 Å². The summed E-state index contributed by atoms with van der Waals surface area (Å²) in [7, 11) is 0. The predicted octanol–water partition coefficient (Wildman–Crippen LogP) is 2.62. The molecule has 0 spiro atoms. The van der Waals surface area contributed by atoms with Crippen LogP contribution >= 0.6 is 0 Å². The van der Waals surface area contributed by atoms with E-state index in [2.05, 4.69) is 17.1 Å². The van der Waals surface area contributed by atoms with Gasteiger partial charge in [0.25, 0.3) is 0 Å². The Balaban J connectivity index is 2.22. The first-order valence-electron chi connectivity index (χ1n) is 7.39. The Morgan fingerprint density at radius 3 is 2.95 bits per heavy atom. The van der Waals surface area contributed by atoms with Gasteiger partial charge >= 0.3 is 0 Å². The fraction of sp³-hybridized carbons (Fsp3) is 0.600. The molecule has 0 unspecified atom stereocenters. The number of hydrogen-bond donors (Lipinski definition) is 2. The number of aryl methyl sites for hydroxylation is 2. The van der Waals surface area contributed by atoms with Crippen molar-refractivity contribution < 1.29 is 9.94 Å². The zero-order valence-electron chi connectivity index (χ0n) is 12.1. The molecule has 5 heteroatoms. The average Bonchev–Trinajstić information content (AvgIpc) is 2.50. The second-order valence-corrected chi connectivity index (χ2v) is 5.19. The van der Waals surface area contributed by atoms with Crippen LogP contribution in [-0.4, -0.2) is 22.6 Å². The first-order chi connectivity index (χ1) is 9.76. The number of hydrogen-bond acceptors (Lipinski definition) is 4. The summed E-state index contributed by atoms with van der Waals surface area (Å²) >= 11 is 0. The highest BCUT2D eigenvalue weighted by molar-refractivity contribution is 5.99. The molecule has 5 nitrogen and oxygen atoms in total. The Bertz CT molecular complexity index is 486. The molecule has 0 bridgehead atoms. The third-order valence-corrected chi connectivity index (χ3v) is 3.64. The van der Waals surface area contributed by atoms with E-state index in [1.165, 1.54) is 12.0 Å². The quantitative estimate of drug-likeness (QED) is 0.275. The van der Waals surface area contributed by atoms with Crippen LogP contribution in [0, 0.1) is 0 Å². The van der Waals surface area contributed by atoms with Gasteiger partial charge in [0.05, 0.1) is 12.2 Å². The molecule has 3 N–H and O–H groups in total. The first kappa shape index (κ1) is 14.6. The Labute approximate surface area is 119 Å². The van der Waals surface area contributed by atoms with E-state index in [-0.39, 0.29) is 5.84 Å². The van der Waals surface area contributed by atoms with Crippen molar-refractivity contribution in [2.45, 2.75) is 51.9 Å². The molecule has 0 saturated heterocycles. The largest absolute Gasteiger partial charge is 0.477 e. The minimum absolute atomic E-state index is 0.0661. The number of pyridine rings is 1. The molecular weight excluding hydrogens is 254 g/mol. The van der Waals surface area contributed by atoms with Crippen molar-refractivity contribution >= 4 is 5.84 Å². The standard InChI is InChI=1S/C15H23N3O2/c1-2-3-6-9-20-15-12(14(16)18-19)10-11-7-4-5-8-13(11)17-15/h10,19H,2-9H2,1H3,(H2,16,18). The SMILES string of the molecule is CCCCCOc1nc2c(cc1C(N)=NO)CCCC2. The van der Waals surface area contributed by atoms with Crippen LogP contribution < -0.4 is 10.5 Å². The fourth-order valence-electron chi connectivity index (χ4n) is 2.48. The van der Waals surface area contributed by atoms with Crippen LogP contribution in [0.2, 0.25) is 0 Å². The Morgan fingerprint density at radius 1 is 1.40 bits per heavy atom. The predicted molar refractivity (Wildman–Crippen MR) is 78.4 cm³/mol. The average molecular weight is 277 g/mol. The number of fused-ring (bicyclic) bond motifs is 1. The van der Waals surface area contributed by atoms with E-state index in [0.29, 0.717) is 18.1 Å². The summed E-state index contributed by atoms with van der Waals surface area (Å²) in [5, 5.41) is 12.0. The highest BCUT2D eigenvalue weighted by Crippen LogP contribution is 2.26. The van der Waals surface area contributed by atoms with E-state index in [4.69, 9.17) is 15.7 Å². The summed E-state index contributed by atoms with van der Waals surface area (Å²) in [5.74, 6) is 0.563. The summed E-state index contributed by atoms with van der Waals surface area (Å²) in [6.07, 6.45) is 7.59. The first-order valence-corrected chi connectivity index (χ1v) is 7.39. The molecule has 110 valence electrons. The van der Waals surface area contributed by atoms with Crippen LogP contribution in [-0.2, 0) is 12.8 Å². The van der Waals surface area contributed by atoms with Crippen molar-refractivity contribution in [3.05, 3.63) is 22.9 Å². The summed E-state index contributed by atoms with van der Waals surface area (Å²) in [6.45, 7) is 2.77. The maximum atomic E-state index is 8.91. The summed E-state index contributed by atoms with van der Waals surface area (Å²) in [6, 6.07) is 1.96. The summed E-state index contributed by atoms with van der Waals surface area (Å²) in [4.78, 5) is 4.59. The van der Waals surface area contributed by atoms with Crippen molar-refractivity contribution in [3.8, 4) is 5.88 Å². The van der Waals surface area contributed by atoms with Crippen molar-refractivity contribution in [2.75, 3.05) is 6.61 Å². The van der Waals surface area contributed by atoms with Crippen LogP contribution in [0.25, 0.3) is 0 Å². The van der Waals surface area contributed by atoms with Crippen LogP contribution in [0.5, 0.6) is 5.88 Å². The fourth-order valence-corrected chi connectivity index (χ4v) is 2.48. The molecule has 20 heavy (non-hydrogen) atoms. The second-order valence-electron chi connectivity index (χ2n) is 5.19. The van der Waals surface area contributed by atoms with Gasteiger partial charge < -0.3 is 15.7 Å². The summed E-state index contributed by atoms with van der Waals surface area (Å²) < 4.78 is 5.75. The monoisotopic (exact) mass is 277 g/mol. The van der Waals surface area contributed by atoms with E-state index < -0.39 is 0 Å². The molecule has 0 radical (unpaired) electrons. The Morgan fingerprint density at radius 2 is 2.20 bits per heavy atom. The van der Waals surface area contributed by atoms with E-state index in [0.717, 1.165) is 44.2 Å². The molecule has 0 atom stereocenters. The van der Waals surface area contributed by atoms with Gasteiger partial charge in [-0.1, -0.05) is 24.9 Å². The lowest BCUT2D eigenvalue weighted by Crippen LogP contribution is -2.18. The van der Waals surface area contributed by atoms with Gasteiger partial charge in [-0.2, -0.15) is 0 Å². The number of oxime groups is 1. The number of amidine groups is 1. The van der Waals surface area contributed by atoms with Crippen molar-refractivity contribution in [3.63, 3.8) is 0 Å². The maximum absolute atomic E-state index is 8.91. The van der Waals surface area contributed by atoms with Crippen LogP contribution in [0.15, 0.2) is 11.2 Å². The van der Waals surface area contributed by atoms with Crippen molar-refractivity contribution in [2.24, 2.45) is 10.9 Å². The molecule has 2 rings (SSSR count). The molecular formula is C15H23N3O2. The van der Waals surface area contributed by atoms with Gasteiger partial charge in [0, 0.05) is 5.69 Å². The van der Waals surface area contributed by atoms with Gasteiger partial charge in [0.1, 0.15) is 0 Å². The molecule has 0 fully saturated rings. The number of aromatic nitrogens is 1. The van der Waals surface area contributed by atoms with E-state index >= 15 is 0 Å². The topological polar surface area (TPSA) is 80.7 Å². The number of ether oxygens (including phenoxy) is 1. The number of rotatable bonds is 6. The molecule has 0 aliphatic heterocycles. The van der Waals surface area contributed by atoms with E-state index in [9.17, 15) is 0 Å². The number of nitrogens with zero attached hydrogens (tertiary/aromatic N) is 2. The smallest absolute Gasteiger partial charge is 0.224 e. The Kier molecular flexibility index (Phi) is 5.21.